The lowest BCUT2D eigenvalue weighted by Crippen LogP contribution is -2.47. The van der Waals surface area contributed by atoms with Gasteiger partial charge in [0.1, 0.15) is 5.75 Å². The van der Waals surface area contributed by atoms with E-state index in [9.17, 15) is 8.42 Å². The van der Waals surface area contributed by atoms with E-state index in [2.05, 4.69) is 16.7 Å². The number of hydrogen-bond acceptors (Lipinski definition) is 5. The van der Waals surface area contributed by atoms with E-state index in [1.165, 1.54) is 5.56 Å². The summed E-state index contributed by atoms with van der Waals surface area (Å²) in [7, 11) is -3.24. The highest BCUT2D eigenvalue weighted by molar-refractivity contribution is 7.89. The van der Waals surface area contributed by atoms with Gasteiger partial charge in [-0.15, -0.1) is 0 Å². The standard InChI is InChI=1S/C19H27N3O4S/c1-3-15-11-20-22(12-15)17-5-7-18(8-6-17)26-14-16-13-25-10-9-19(16)21-27(23,24)4-2/h5-8,11-12,16,19,21H,3-4,9-10,13-14H2,1-2H3. The lowest BCUT2D eigenvalue weighted by molar-refractivity contribution is 0.0186. The zero-order valence-corrected chi connectivity index (χ0v) is 16.6. The molecule has 1 aliphatic rings. The van der Waals surface area contributed by atoms with E-state index in [4.69, 9.17) is 9.47 Å². The van der Waals surface area contributed by atoms with Crippen LogP contribution in [0.3, 0.4) is 0 Å². The molecule has 1 saturated heterocycles. The third-order valence-corrected chi connectivity index (χ3v) is 6.22. The molecule has 2 unspecified atom stereocenters. The topological polar surface area (TPSA) is 82.4 Å². The van der Waals surface area contributed by atoms with Gasteiger partial charge in [-0.2, -0.15) is 5.10 Å². The Morgan fingerprint density at radius 3 is 2.74 bits per heavy atom. The molecule has 1 N–H and O–H groups in total. The highest BCUT2D eigenvalue weighted by Crippen LogP contribution is 2.20. The monoisotopic (exact) mass is 393 g/mol. The van der Waals surface area contributed by atoms with Crippen molar-refractivity contribution in [1.29, 1.82) is 0 Å². The Labute approximate surface area is 160 Å². The second-order valence-electron chi connectivity index (χ2n) is 6.70. The summed E-state index contributed by atoms with van der Waals surface area (Å²) in [5.74, 6) is 0.800. The van der Waals surface area contributed by atoms with Crippen molar-refractivity contribution in [3.8, 4) is 11.4 Å². The van der Waals surface area contributed by atoms with Gasteiger partial charge in [-0.05, 0) is 49.6 Å². The molecule has 2 atom stereocenters. The SMILES string of the molecule is CCc1cnn(-c2ccc(OCC3COCCC3NS(=O)(=O)CC)cc2)c1. The molecule has 1 aliphatic heterocycles. The Bertz CT molecular complexity index is 833. The number of hydrogen-bond donors (Lipinski definition) is 1. The molecule has 27 heavy (non-hydrogen) atoms. The highest BCUT2D eigenvalue weighted by Gasteiger charge is 2.29. The number of aryl methyl sites for hydroxylation is 1. The van der Waals surface area contributed by atoms with Crippen LogP contribution in [-0.2, 0) is 21.2 Å². The molecule has 0 amide bonds. The second kappa shape index (κ2) is 8.86. The van der Waals surface area contributed by atoms with Crippen molar-refractivity contribution in [2.75, 3.05) is 25.6 Å². The number of aromatic nitrogens is 2. The predicted octanol–water partition coefficient (Wildman–Crippen LogP) is 2.16. The van der Waals surface area contributed by atoms with Gasteiger partial charge in [0.05, 0.1) is 30.9 Å². The first kappa shape index (κ1) is 19.9. The molecule has 0 saturated carbocycles. The van der Waals surface area contributed by atoms with Crippen LogP contribution in [0.15, 0.2) is 36.7 Å². The van der Waals surface area contributed by atoms with E-state index in [1.807, 2.05) is 41.3 Å². The van der Waals surface area contributed by atoms with Crippen LogP contribution in [0, 0.1) is 5.92 Å². The van der Waals surface area contributed by atoms with E-state index in [0.717, 1.165) is 17.9 Å². The Morgan fingerprint density at radius 2 is 2.07 bits per heavy atom. The molecule has 7 nitrogen and oxygen atoms in total. The summed E-state index contributed by atoms with van der Waals surface area (Å²) in [5, 5.41) is 4.35. The molecule has 2 heterocycles. The molecule has 0 aliphatic carbocycles. The quantitative estimate of drug-likeness (QED) is 0.743. The van der Waals surface area contributed by atoms with E-state index >= 15 is 0 Å². The molecule has 8 heteroatoms. The summed E-state index contributed by atoms with van der Waals surface area (Å²) in [6.45, 7) is 5.19. The van der Waals surface area contributed by atoms with E-state index in [1.54, 1.807) is 6.92 Å². The predicted molar refractivity (Wildman–Crippen MR) is 104 cm³/mol. The number of nitrogens with zero attached hydrogens (tertiary/aromatic N) is 2. The minimum atomic E-state index is -3.24. The van der Waals surface area contributed by atoms with Crippen LogP contribution in [0.1, 0.15) is 25.8 Å². The molecule has 1 fully saturated rings. The molecule has 1 aromatic carbocycles. The number of benzene rings is 1. The average Bonchev–Trinajstić information content (AvgIpc) is 3.17. The molecule has 0 bridgehead atoms. The summed E-state index contributed by atoms with van der Waals surface area (Å²) in [4.78, 5) is 0. The van der Waals surface area contributed by atoms with Crippen molar-refractivity contribution < 1.29 is 17.9 Å². The van der Waals surface area contributed by atoms with Crippen LogP contribution in [0.4, 0.5) is 0 Å². The van der Waals surface area contributed by atoms with Crippen LogP contribution in [-0.4, -0.2) is 49.8 Å². The Morgan fingerprint density at radius 1 is 1.30 bits per heavy atom. The lowest BCUT2D eigenvalue weighted by Gasteiger charge is -2.31. The summed E-state index contributed by atoms with van der Waals surface area (Å²) in [6.07, 6.45) is 5.49. The zero-order chi connectivity index (χ0) is 19.3. The van der Waals surface area contributed by atoms with Gasteiger partial charge in [-0.1, -0.05) is 6.92 Å². The summed E-state index contributed by atoms with van der Waals surface area (Å²) in [6, 6.07) is 7.56. The van der Waals surface area contributed by atoms with Crippen molar-refractivity contribution in [3.05, 3.63) is 42.2 Å². The molecule has 0 radical (unpaired) electrons. The maximum Gasteiger partial charge on any atom is 0.211 e. The van der Waals surface area contributed by atoms with Gasteiger partial charge in [0.25, 0.3) is 0 Å². The van der Waals surface area contributed by atoms with E-state index < -0.39 is 10.0 Å². The first-order chi connectivity index (χ1) is 13.0. The lowest BCUT2D eigenvalue weighted by atomic mass is 9.98. The summed E-state index contributed by atoms with van der Waals surface area (Å²) < 4.78 is 39.8. The molecule has 1 aromatic heterocycles. The van der Waals surface area contributed by atoms with E-state index in [-0.39, 0.29) is 17.7 Å². The third-order valence-electron chi connectivity index (χ3n) is 4.79. The number of rotatable bonds is 8. The van der Waals surface area contributed by atoms with Crippen LogP contribution in [0.2, 0.25) is 0 Å². The fourth-order valence-electron chi connectivity index (χ4n) is 3.01. The fourth-order valence-corrected chi connectivity index (χ4v) is 3.95. The Hall–Kier alpha value is -1.90. The van der Waals surface area contributed by atoms with Crippen molar-refractivity contribution in [2.45, 2.75) is 32.7 Å². The van der Waals surface area contributed by atoms with Crippen molar-refractivity contribution in [1.82, 2.24) is 14.5 Å². The zero-order valence-electron chi connectivity index (χ0n) is 15.8. The number of ether oxygens (including phenoxy) is 2. The summed E-state index contributed by atoms with van der Waals surface area (Å²) >= 11 is 0. The molecule has 148 valence electrons. The van der Waals surface area contributed by atoms with Crippen molar-refractivity contribution in [3.63, 3.8) is 0 Å². The first-order valence-electron chi connectivity index (χ1n) is 9.35. The van der Waals surface area contributed by atoms with Crippen LogP contribution < -0.4 is 9.46 Å². The summed E-state index contributed by atoms with van der Waals surface area (Å²) in [5.41, 5.74) is 2.16. The minimum absolute atomic E-state index is 0.0158. The smallest absolute Gasteiger partial charge is 0.211 e. The van der Waals surface area contributed by atoms with Crippen LogP contribution in [0.25, 0.3) is 5.69 Å². The van der Waals surface area contributed by atoms with Crippen LogP contribution in [0.5, 0.6) is 5.75 Å². The maximum atomic E-state index is 11.9. The molecule has 2 aromatic rings. The normalized spacial score (nSPS) is 20.5. The number of nitrogens with one attached hydrogen (secondary N) is 1. The van der Waals surface area contributed by atoms with Gasteiger partial charge in [0, 0.05) is 24.8 Å². The van der Waals surface area contributed by atoms with E-state index in [0.29, 0.717) is 26.2 Å². The van der Waals surface area contributed by atoms with Gasteiger partial charge < -0.3 is 9.47 Å². The largest absolute Gasteiger partial charge is 0.493 e. The van der Waals surface area contributed by atoms with Crippen LogP contribution >= 0.6 is 0 Å². The molecular formula is C19H27N3O4S. The number of sulfonamides is 1. The van der Waals surface area contributed by atoms with Crippen molar-refractivity contribution >= 4 is 10.0 Å². The third kappa shape index (κ3) is 5.31. The Kier molecular flexibility index (Phi) is 6.51. The molecule has 3 rings (SSSR count). The Balaban J connectivity index is 1.59. The van der Waals surface area contributed by atoms with Crippen molar-refractivity contribution in [2.24, 2.45) is 5.92 Å². The van der Waals surface area contributed by atoms with Gasteiger partial charge >= 0.3 is 0 Å². The fraction of sp³-hybridized carbons (Fsp3) is 0.526. The molecule has 0 spiro atoms. The average molecular weight is 394 g/mol. The first-order valence-corrected chi connectivity index (χ1v) is 11.0. The minimum Gasteiger partial charge on any atom is -0.493 e. The van der Waals surface area contributed by atoms with Gasteiger partial charge in [0.2, 0.25) is 10.0 Å². The van der Waals surface area contributed by atoms with Gasteiger partial charge in [0.15, 0.2) is 0 Å². The van der Waals surface area contributed by atoms with Gasteiger partial charge in [-0.25, -0.2) is 17.8 Å². The second-order valence-corrected chi connectivity index (χ2v) is 8.75. The molecular weight excluding hydrogens is 366 g/mol. The van der Waals surface area contributed by atoms with Gasteiger partial charge in [-0.3, -0.25) is 0 Å². The maximum absolute atomic E-state index is 11.9. The highest BCUT2D eigenvalue weighted by atomic mass is 32.2.